The number of methoxy groups -OCH3 is 1. The zero-order valence-electron chi connectivity index (χ0n) is 11.0. The SMILES string of the molecule is COC(=O)C1CN(CC2CCC(F)(F)C2)CC1C. The standard InChI is InChI=1S/C13H21F2NO2/c1-9-6-16(8-11(9)12(17)18-2)7-10-3-4-13(14,15)5-10/h9-11H,3-8H2,1-2H3. The molecule has 18 heavy (non-hydrogen) atoms. The van der Waals surface area contributed by atoms with E-state index in [1.807, 2.05) is 6.92 Å². The number of likely N-dealkylation sites (tertiary alicyclic amines) is 1. The van der Waals surface area contributed by atoms with Crippen LogP contribution < -0.4 is 0 Å². The normalized spacial score (nSPS) is 35.9. The summed E-state index contributed by atoms with van der Waals surface area (Å²) < 4.78 is 31.0. The van der Waals surface area contributed by atoms with Gasteiger partial charge < -0.3 is 9.64 Å². The van der Waals surface area contributed by atoms with E-state index in [1.165, 1.54) is 7.11 Å². The Balaban J connectivity index is 1.84. The molecule has 0 amide bonds. The molecule has 3 atom stereocenters. The van der Waals surface area contributed by atoms with Crippen LogP contribution in [0.25, 0.3) is 0 Å². The minimum Gasteiger partial charge on any atom is -0.469 e. The molecule has 1 aliphatic carbocycles. The number of esters is 1. The minimum absolute atomic E-state index is 0.000766. The van der Waals surface area contributed by atoms with Gasteiger partial charge in [0.15, 0.2) is 0 Å². The average molecular weight is 261 g/mol. The second-order valence-electron chi connectivity index (χ2n) is 5.79. The summed E-state index contributed by atoms with van der Waals surface area (Å²) in [5.74, 6) is -2.43. The van der Waals surface area contributed by atoms with Gasteiger partial charge in [0.05, 0.1) is 13.0 Å². The van der Waals surface area contributed by atoms with Crippen molar-refractivity contribution >= 4 is 5.97 Å². The average Bonchev–Trinajstić information content (AvgIpc) is 2.81. The first-order chi connectivity index (χ1) is 8.41. The van der Waals surface area contributed by atoms with Crippen molar-refractivity contribution in [2.45, 2.75) is 32.1 Å². The van der Waals surface area contributed by atoms with Gasteiger partial charge in [0.1, 0.15) is 0 Å². The van der Waals surface area contributed by atoms with E-state index < -0.39 is 5.92 Å². The van der Waals surface area contributed by atoms with E-state index in [2.05, 4.69) is 4.90 Å². The van der Waals surface area contributed by atoms with Crippen molar-refractivity contribution in [3.63, 3.8) is 0 Å². The molecule has 0 spiro atoms. The number of carbonyl (C=O) groups excluding carboxylic acids is 1. The molecule has 0 bridgehead atoms. The second-order valence-corrected chi connectivity index (χ2v) is 5.79. The maximum atomic E-state index is 13.1. The summed E-state index contributed by atoms with van der Waals surface area (Å²) in [6.45, 7) is 4.16. The van der Waals surface area contributed by atoms with Gasteiger partial charge in [-0.3, -0.25) is 4.79 Å². The van der Waals surface area contributed by atoms with Gasteiger partial charge in [0.25, 0.3) is 0 Å². The predicted molar refractivity (Wildman–Crippen MR) is 63.4 cm³/mol. The number of carbonyl (C=O) groups is 1. The highest BCUT2D eigenvalue weighted by atomic mass is 19.3. The van der Waals surface area contributed by atoms with Crippen molar-refractivity contribution in [2.24, 2.45) is 17.8 Å². The van der Waals surface area contributed by atoms with Crippen LogP contribution in [0.15, 0.2) is 0 Å². The van der Waals surface area contributed by atoms with E-state index in [4.69, 9.17) is 4.74 Å². The fourth-order valence-corrected chi connectivity index (χ4v) is 3.24. The van der Waals surface area contributed by atoms with E-state index >= 15 is 0 Å². The number of ether oxygens (including phenoxy) is 1. The van der Waals surface area contributed by atoms with E-state index in [9.17, 15) is 13.6 Å². The zero-order chi connectivity index (χ0) is 13.3. The van der Waals surface area contributed by atoms with E-state index in [-0.39, 0.29) is 36.6 Å². The van der Waals surface area contributed by atoms with Crippen LogP contribution in [0.4, 0.5) is 8.78 Å². The fraction of sp³-hybridized carbons (Fsp3) is 0.923. The van der Waals surface area contributed by atoms with Crippen LogP contribution in [0.5, 0.6) is 0 Å². The minimum atomic E-state index is -2.47. The molecule has 5 heteroatoms. The van der Waals surface area contributed by atoms with Crippen LogP contribution in [0.2, 0.25) is 0 Å². The molecule has 0 aromatic carbocycles. The van der Waals surface area contributed by atoms with Crippen LogP contribution in [-0.2, 0) is 9.53 Å². The Kier molecular flexibility index (Phi) is 3.90. The molecule has 1 saturated heterocycles. The Hall–Kier alpha value is -0.710. The van der Waals surface area contributed by atoms with Crippen LogP contribution >= 0.6 is 0 Å². The molecule has 3 unspecified atom stereocenters. The molecular weight excluding hydrogens is 240 g/mol. The molecule has 1 heterocycles. The van der Waals surface area contributed by atoms with Crippen molar-refractivity contribution in [1.29, 1.82) is 0 Å². The molecule has 0 aromatic heterocycles. The molecule has 0 radical (unpaired) electrons. The van der Waals surface area contributed by atoms with Crippen molar-refractivity contribution in [3.8, 4) is 0 Å². The third-order valence-corrected chi connectivity index (χ3v) is 4.21. The summed E-state index contributed by atoms with van der Waals surface area (Å²) in [5.41, 5.74) is 0. The van der Waals surface area contributed by atoms with Crippen molar-refractivity contribution in [3.05, 3.63) is 0 Å². The molecule has 2 fully saturated rings. The molecule has 2 aliphatic rings. The maximum Gasteiger partial charge on any atom is 0.310 e. The summed E-state index contributed by atoms with van der Waals surface area (Å²) in [4.78, 5) is 13.7. The highest BCUT2D eigenvalue weighted by molar-refractivity contribution is 5.73. The lowest BCUT2D eigenvalue weighted by molar-refractivity contribution is -0.146. The van der Waals surface area contributed by atoms with Gasteiger partial charge in [0.2, 0.25) is 5.92 Å². The molecule has 3 nitrogen and oxygen atoms in total. The van der Waals surface area contributed by atoms with E-state index in [0.29, 0.717) is 19.5 Å². The third kappa shape index (κ3) is 2.99. The fourth-order valence-electron chi connectivity index (χ4n) is 3.24. The van der Waals surface area contributed by atoms with Gasteiger partial charge in [-0.15, -0.1) is 0 Å². The van der Waals surface area contributed by atoms with Crippen LogP contribution in [0.3, 0.4) is 0 Å². The first-order valence-electron chi connectivity index (χ1n) is 6.59. The third-order valence-electron chi connectivity index (χ3n) is 4.21. The van der Waals surface area contributed by atoms with Gasteiger partial charge in [-0.05, 0) is 18.3 Å². The lowest BCUT2D eigenvalue weighted by Crippen LogP contribution is -2.28. The molecular formula is C13H21F2NO2. The summed E-state index contributed by atoms with van der Waals surface area (Å²) in [5, 5.41) is 0. The van der Waals surface area contributed by atoms with E-state index in [0.717, 1.165) is 6.54 Å². The Labute approximate surface area is 106 Å². The molecule has 0 N–H and O–H groups in total. The number of alkyl halides is 2. The summed E-state index contributed by atoms with van der Waals surface area (Å²) in [6, 6.07) is 0. The molecule has 2 rings (SSSR count). The Bertz CT molecular complexity index is 322. The van der Waals surface area contributed by atoms with Gasteiger partial charge in [0, 0.05) is 32.5 Å². The van der Waals surface area contributed by atoms with Gasteiger partial charge >= 0.3 is 5.97 Å². The van der Waals surface area contributed by atoms with Crippen LogP contribution in [-0.4, -0.2) is 43.5 Å². The number of nitrogens with zero attached hydrogens (tertiary/aromatic N) is 1. The molecule has 1 saturated carbocycles. The lowest BCUT2D eigenvalue weighted by atomic mass is 9.99. The Morgan fingerprint density at radius 1 is 1.44 bits per heavy atom. The first-order valence-corrected chi connectivity index (χ1v) is 6.59. The first kappa shape index (κ1) is 13.7. The van der Waals surface area contributed by atoms with Crippen molar-refractivity contribution in [2.75, 3.05) is 26.7 Å². The highest BCUT2D eigenvalue weighted by Crippen LogP contribution is 2.39. The topological polar surface area (TPSA) is 29.5 Å². The molecule has 104 valence electrons. The Morgan fingerprint density at radius 2 is 2.17 bits per heavy atom. The van der Waals surface area contributed by atoms with Crippen LogP contribution in [0.1, 0.15) is 26.2 Å². The number of hydrogen-bond acceptors (Lipinski definition) is 3. The monoisotopic (exact) mass is 261 g/mol. The summed E-state index contributed by atoms with van der Waals surface area (Å²) >= 11 is 0. The smallest absolute Gasteiger partial charge is 0.310 e. The summed E-state index contributed by atoms with van der Waals surface area (Å²) in [7, 11) is 1.40. The quantitative estimate of drug-likeness (QED) is 0.729. The van der Waals surface area contributed by atoms with Gasteiger partial charge in [-0.2, -0.15) is 0 Å². The number of hydrogen-bond donors (Lipinski definition) is 0. The zero-order valence-corrected chi connectivity index (χ0v) is 11.0. The maximum absolute atomic E-state index is 13.1. The number of rotatable bonds is 3. The van der Waals surface area contributed by atoms with Crippen molar-refractivity contribution in [1.82, 2.24) is 4.90 Å². The van der Waals surface area contributed by atoms with Crippen LogP contribution in [0, 0.1) is 17.8 Å². The van der Waals surface area contributed by atoms with Gasteiger partial charge in [-0.1, -0.05) is 6.92 Å². The Morgan fingerprint density at radius 3 is 2.72 bits per heavy atom. The highest BCUT2D eigenvalue weighted by Gasteiger charge is 2.42. The number of halogens is 2. The second kappa shape index (κ2) is 5.11. The largest absolute Gasteiger partial charge is 0.469 e. The summed E-state index contributed by atoms with van der Waals surface area (Å²) in [6.07, 6.45) is 0.614. The predicted octanol–water partition coefficient (Wildman–Crippen LogP) is 2.16. The molecule has 1 aliphatic heterocycles. The van der Waals surface area contributed by atoms with Crippen molar-refractivity contribution < 1.29 is 18.3 Å². The van der Waals surface area contributed by atoms with Gasteiger partial charge in [-0.25, -0.2) is 8.78 Å². The van der Waals surface area contributed by atoms with E-state index in [1.54, 1.807) is 0 Å². The lowest BCUT2D eigenvalue weighted by Gasteiger charge is -2.20. The molecule has 0 aromatic rings.